The molecule has 0 aliphatic heterocycles. The first-order chi connectivity index (χ1) is 8.20. The second-order valence-corrected chi connectivity index (χ2v) is 4.15. The predicted molar refractivity (Wildman–Crippen MR) is 67.1 cm³/mol. The van der Waals surface area contributed by atoms with Gasteiger partial charge in [-0.15, -0.1) is 0 Å². The lowest BCUT2D eigenvalue weighted by Gasteiger charge is -2.16. The molecule has 17 heavy (non-hydrogen) atoms. The van der Waals surface area contributed by atoms with Crippen LogP contribution in [0, 0.1) is 13.8 Å². The maximum atomic E-state index is 5.62. The van der Waals surface area contributed by atoms with Crippen molar-refractivity contribution in [3.63, 3.8) is 0 Å². The number of rotatable bonds is 3. The molecule has 88 valence electrons. The summed E-state index contributed by atoms with van der Waals surface area (Å²) in [5.74, 6) is 5.62. The second kappa shape index (κ2) is 5.03. The Balaban J connectivity index is 2.42. The summed E-state index contributed by atoms with van der Waals surface area (Å²) in [6, 6.07) is 6.22. The lowest BCUT2D eigenvalue weighted by atomic mass is 10.00. The van der Waals surface area contributed by atoms with Crippen LogP contribution in [0.1, 0.15) is 28.4 Å². The van der Waals surface area contributed by atoms with Crippen LogP contribution in [-0.2, 0) is 0 Å². The van der Waals surface area contributed by atoms with Crippen molar-refractivity contribution in [2.75, 3.05) is 0 Å². The highest BCUT2D eigenvalue weighted by Crippen LogP contribution is 2.21. The van der Waals surface area contributed by atoms with E-state index >= 15 is 0 Å². The molecule has 0 saturated heterocycles. The zero-order valence-electron chi connectivity index (χ0n) is 10.0. The Labute approximate surface area is 101 Å². The molecule has 0 aliphatic rings. The summed E-state index contributed by atoms with van der Waals surface area (Å²) >= 11 is 0. The van der Waals surface area contributed by atoms with Gasteiger partial charge in [-0.1, -0.05) is 29.3 Å². The molecule has 4 nitrogen and oxygen atoms in total. The van der Waals surface area contributed by atoms with Gasteiger partial charge in [0, 0.05) is 12.4 Å². The number of nitrogens with one attached hydrogen (secondary N) is 1. The van der Waals surface area contributed by atoms with Gasteiger partial charge < -0.3 is 0 Å². The first-order valence-corrected chi connectivity index (χ1v) is 5.51. The van der Waals surface area contributed by atoms with Gasteiger partial charge in [0.2, 0.25) is 0 Å². The lowest BCUT2D eigenvalue weighted by molar-refractivity contribution is 0.617. The van der Waals surface area contributed by atoms with E-state index in [-0.39, 0.29) is 6.04 Å². The first-order valence-electron chi connectivity index (χ1n) is 5.51. The minimum absolute atomic E-state index is 0.123. The van der Waals surface area contributed by atoms with Gasteiger partial charge in [-0.2, -0.15) is 0 Å². The Kier molecular flexibility index (Phi) is 3.46. The first kappa shape index (κ1) is 11.7. The van der Waals surface area contributed by atoms with Crippen LogP contribution < -0.4 is 11.3 Å². The van der Waals surface area contributed by atoms with E-state index in [1.54, 1.807) is 18.6 Å². The minimum Gasteiger partial charge on any atom is -0.271 e. The van der Waals surface area contributed by atoms with Crippen molar-refractivity contribution in [3.8, 4) is 0 Å². The topological polar surface area (TPSA) is 63.8 Å². The fraction of sp³-hybridized carbons (Fsp3) is 0.231. The highest BCUT2D eigenvalue weighted by molar-refractivity contribution is 5.34. The molecule has 0 bridgehead atoms. The van der Waals surface area contributed by atoms with Gasteiger partial charge in [0.25, 0.3) is 0 Å². The molecule has 1 aromatic carbocycles. The Hall–Kier alpha value is -1.78. The normalized spacial score (nSPS) is 12.4. The predicted octanol–water partition coefficient (Wildman–Crippen LogP) is 1.65. The van der Waals surface area contributed by atoms with Crippen LogP contribution in [0.5, 0.6) is 0 Å². The molecule has 1 unspecified atom stereocenters. The zero-order valence-corrected chi connectivity index (χ0v) is 10.0. The number of aryl methyl sites for hydroxylation is 2. The van der Waals surface area contributed by atoms with E-state index in [1.807, 2.05) is 0 Å². The SMILES string of the molecule is Cc1cc(C)cc(C(NN)c2cnccn2)c1. The third-order valence-electron chi connectivity index (χ3n) is 2.62. The van der Waals surface area contributed by atoms with Crippen molar-refractivity contribution in [2.45, 2.75) is 19.9 Å². The molecule has 0 fully saturated rings. The van der Waals surface area contributed by atoms with E-state index in [1.165, 1.54) is 11.1 Å². The average Bonchev–Trinajstić information content (AvgIpc) is 2.30. The summed E-state index contributed by atoms with van der Waals surface area (Å²) in [5, 5.41) is 0. The van der Waals surface area contributed by atoms with Gasteiger partial charge in [0.1, 0.15) is 0 Å². The van der Waals surface area contributed by atoms with Gasteiger partial charge in [-0.3, -0.25) is 15.8 Å². The van der Waals surface area contributed by atoms with Crippen molar-refractivity contribution in [2.24, 2.45) is 5.84 Å². The fourth-order valence-corrected chi connectivity index (χ4v) is 1.99. The van der Waals surface area contributed by atoms with Gasteiger partial charge in [-0.25, -0.2) is 5.43 Å². The van der Waals surface area contributed by atoms with Crippen molar-refractivity contribution in [1.82, 2.24) is 15.4 Å². The molecular weight excluding hydrogens is 212 g/mol. The largest absolute Gasteiger partial charge is 0.271 e. The van der Waals surface area contributed by atoms with Crippen LogP contribution in [0.25, 0.3) is 0 Å². The maximum absolute atomic E-state index is 5.62. The highest BCUT2D eigenvalue weighted by Gasteiger charge is 2.14. The van der Waals surface area contributed by atoms with E-state index in [4.69, 9.17) is 5.84 Å². The van der Waals surface area contributed by atoms with Gasteiger partial charge in [0.15, 0.2) is 0 Å². The summed E-state index contributed by atoms with van der Waals surface area (Å²) in [4.78, 5) is 8.35. The number of benzene rings is 1. The molecular formula is C13H16N4. The Bertz CT molecular complexity index is 476. The van der Waals surface area contributed by atoms with Gasteiger partial charge in [-0.05, 0) is 19.4 Å². The molecule has 0 aliphatic carbocycles. The van der Waals surface area contributed by atoms with Crippen LogP contribution in [0.4, 0.5) is 0 Å². The third kappa shape index (κ3) is 2.67. The molecule has 1 heterocycles. The quantitative estimate of drug-likeness (QED) is 0.619. The summed E-state index contributed by atoms with van der Waals surface area (Å²) in [6.07, 6.45) is 5.04. The lowest BCUT2D eigenvalue weighted by Crippen LogP contribution is -2.29. The number of hydrogen-bond donors (Lipinski definition) is 2. The summed E-state index contributed by atoms with van der Waals surface area (Å²) in [7, 11) is 0. The highest BCUT2D eigenvalue weighted by atomic mass is 15.2. The molecule has 4 heteroatoms. The number of hydrogen-bond acceptors (Lipinski definition) is 4. The van der Waals surface area contributed by atoms with E-state index < -0.39 is 0 Å². The van der Waals surface area contributed by atoms with E-state index in [9.17, 15) is 0 Å². The van der Waals surface area contributed by atoms with Crippen LogP contribution in [0.2, 0.25) is 0 Å². The number of nitrogens with zero attached hydrogens (tertiary/aromatic N) is 2. The van der Waals surface area contributed by atoms with Gasteiger partial charge >= 0.3 is 0 Å². The molecule has 3 N–H and O–H groups in total. The summed E-state index contributed by atoms with van der Waals surface area (Å²) in [5.41, 5.74) is 7.13. The minimum atomic E-state index is -0.123. The second-order valence-electron chi connectivity index (χ2n) is 4.15. The van der Waals surface area contributed by atoms with E-state index in [0.29, 0.717) is 0 Å². The zero-order chi connectivity index (χ0) is 12.3. The summed E-state index contributed by atoms with van der Waals surface area (Å²) < 4.78 is 0. The van der Waals surface area contributed by atoms with Crippen molar-refractivity contribution >= 4 is 0 Å². The molecule has 2 aromatic rings. The molecule has 0 radical (unpaired) electrons. The monoisotopic (exact) mass is 228 g/mol. The van der Waals surface area contributed by atoms with E-state index in [0.717, 1.165) is 11.3 Å². The number of nitrogens with two attached hydrogens (primary N) is 1. The number of aromatic nitrogens is 2. The van der Waals surface area contributed by atoms with Crippen LogP contribution in [0.15, 0.2) is 36.8 Å². The molecule has 1 aromatic heterocycles. The molecule has 0 saturated carbocycles. The van der Waals surface area contributed by atoms with Crippen LogP contribution >= 0.6 is 0 Å². The van der Waals surface area contributed by atoms with Crippen LogP contribution in [0.3, 0.4) is 0 Å². The third-order valence-corrected chi connectivity index (χ3v) is 2.62. The maximum Gasteiger partial charge on any atom is 0.0897 e. The molecule has 1 atom stereocenters. The Morgan fingerprint density at radius 2 is 1.82 bits per heavy atom. The smallest absolute Gasteiger partial charge is 0.0897 e. The average molecular weight is 228 g/mol. The fourth-order valence-electron chi connectivity index (χ4n) is 1.99. The van der Waals surface area contributed by atoms with Crippen molar-refractivity contribution < 1.29 is 0 Å². The van der Waals surface area contributed by atoms with Crippen LogP contribution in [-0.4, -0.2) is 9.97 Å². The van der Waals surface area contributed by atoms with Gasteiger partial charge in [0.05, 0.1) is 17.9 Å². The standard InChI is InChI=1S/C13H16N4/c1-9-5-10(2)7-11(6-9)13(17-14)12-8-15-3-4-16-12/h3-8,13,17H,14H2,1-2H3. The molecule has 2 rings (SSSR count). The number of hydrazine groups is 1. The molecule has 0 amide bonds. The summed E-state index contributed by atoms with van der Waals surface area (Å²) in [6.45, 7) is 4.14. The van der Waals surface area contributed by atoms with Crippen molar-refractivity contribution in [3.05, 3.63) is 59.2 Å². The van der Waals surface area contributed by atoms with E-state index in [2.05, 4.69) is 47.4 Å². The Morgan fingerprint density at radius 3 is 2.35 bits per heavy atom. The Morgan fingerprint density at radius 1 is 1.12 bits per heavy atom. The molecule has 0 spiro atoms. The van der Waals surface area contributed by atoms with Crippen molar-refractivity contribution in [1.29, 1.82) is 0 Å².